The van der Waals surface area contributed by atoms with Crippen LogP contribution in [0.25, 0.3) is 0 Å². The predicted molar refractivity (Wildman–Crippen MR) is 97.4 cm³/mol. The lowest BCUT2D eigenvalue weighted by Gasteiger charge is -2.30. The van der Waals surface area contributed by atoms with E-state index in [1.54, 1.807) is 31.2 Å². The summed E-state index contributed by atoms with van der Waals surface area (Å²) >= 11 is 0. The van der Waals surface area contributed by atoms with Gasteiger partial charge in [0.15, 0.2) is 5.82 Å². The molecule has 1 amide bonds. The summed E-state index contributed by atoms with van der Waals surface area (Å²) in [6, 6.07) is 7.00. The number of carboxylic acids is 1. The van der Waals surface area contributed by atoms with Crippen molar-refractivity contribution in [2.45, 2.75) is 51.5 Å². The first kappa shape index (κ1) is 20.4. The first-order chi connectivity index (χ1) is 12.7. The second-order valence-electron chi connectivity index (χ2n) is 6.88. The molecule has 2 N–H and O–H groups in total. The van der Waals surface area contributed by atoms with Crippen LogP contribution in [0.1, 0.15) is 56.8 Å². The molecule has 0 saturated carbocycles. The van der Waals surface area contributed by atoms with Crippen LogP contribution in [0, 0.1) is 0 Å². The minimum Gasteiger partial charge on any atom is -0.497 e. The molecule has 0 aliphatic rings. The first-order valence-electron chi connectivity index (χ1n) is 8.73. The number of nitrogens with one attached hydrogen (secondary N) is 1. The Bertz CT molecular complexity index is 802. The van der Waals surface area contributed by atoms with Crippen LogP contribution in [-0.2, 0) is 21.5 Å². The van der Waals surface area contributed by atoms with Crippen LogP contribution in [0.2, 0.25) is 0 Å². The third kappa shape index (κ3) is 5.54. The van der Waals surface area contributed by atoms with Gasteiger partial charge in [0.1, 0.15) is 5.75 Å². The lowest BCUT2D eigenvalue weighted by molar-refractivity contribution is -0.139. The summed E-state index contributed by atoms with van der Waals surface area (Å²) in [5.41, 5.74) is -0.424. The van der Waals surface area contributed by atoms with Crippen molar-refractivity contribution in [3.05, 3.63) is 41.5 Å². The molecule has 0 bridgehead atoms. The van der Waals surface area contributed by atoms with Crippen molar-refractivity contribution in [3.8, 4) is 5.75 Å². The fourth-order valence-electron chi connectivity index (χ4n) is 2.68. The average molecular weight is 375 g/mol. The molecule has 0 radical (unpaired) electrons. The van der Waals surface area contributed by atoms with Gasteiger partial charge in [-0.25, -0.2) is 0 Å². The van der Waals surface area contributed by atoms with Crippen molar-refractivity contribution in [1.29, 1.82) is 0 Å². The number of nitrogens with zero attached hydrogens (tertiary/aromatic N) is 2. The first-order valence-corrected chi connectivity index (χ1v) is 8.73. The Morgan fingerprint density at radius 2 is 2.11 bits per heavy atom. The normalized spacial score (nSPS) is 13.2. The Morgan fingerprint density at radius 3 is 2.70 bits per heavy atom. The fourth-order valence-corrected chi connectivity index (χ4v) is 2.68. The molecule has 0 saturated heterocycles. The third-order valence-corrected chi connectivity index (χ3v) is 4.19. The Labute approximate surface area is 157 Å². The van der Waals surface area contributed by atoms with Gasteiger partial charge in [-0.1, -0.05) is 31.1 Å². The molecule has 1 atom stereocenters. The van der Waals surface area contributed by atoms with Gasteiger partial charge in [-0.15, -0.1) is 0 Å². The summed E-state index contributed by atoms with van der Waals surface area (Å²) in [5, 5.41) is 16.0. The minimum absolute atomic E-state index is 0.110. The van der Waals surface area contributed by atoms with Gasteiger partial charge >= 0.3 is 5.97 Å². The van der Waals surface area contributed by atoms with Crippen LogP contribution in [0.5, 0.6) is 5.75 Å². The van der Waals surface area contributed by atoms with Crippen molar-refractivity contribution in [2.24, 2.45) is 0 Å². The van der Waals surface area contributed by atoms with E-state index in [1.807, 2.05) is 13.8 Å². The number of ether oxygens (including phenoxy) is 1. The molecule has 2 aromatic rings. The second kappa shape index (κ2) is 8.66. The van der Waals surface area contributed by atoms with Crippen LogP contribution in [0.3, 0.4) is 0 Å². The van der Waals surface area contributed by atoms with Crippen molar-refractivity contribution in [1.82, 2.24) is 15.5 Å². The van der Waals surface area contributed by atoms with Crippen molar-refractivity contribution < 1.29 is 24.0 Å². The highest BCUT2D eigenvalue weighted by Gasteiger charge is 2.32. The predicted octanol–water partition coefficient (Wildman–Crippen LogP) is 2.64. The quantitative estimate of drug-likeness (QED) is 0.692. The molecule has 0 aliphatic heterocycles. The number of carbonyl (C=O) groups excluding carboxylic acids is 1. The Hall–Kier alpha value is -2.90. The van der Waals surface area contributed by atoms with Gasteiger partial charge in [-0.2, -0.15) is 4.98 Å². The van der Waals surface area contributed by atoms with Gasteiger partial charge in [0, 0.05) is 18.8 Å². The Morgan fingerprint density at radius 1 is 1.37 bits per heavy atom. The van der Waals surface area contributed by atoms with Gasteiger partial charge in [0.2, 0.25) is 11.8 Å². The molecule has 1 heterocycles. The van der Waals surface area contributed by atoms with Crippen LogP contribution in [-0.4, -0.2) is 34.2 Å². The average Bonchev–Trinajstić information content (AvgIpc) is 3.08. The molecule has 8 nitrogen and oxygen atoms in total. The molecule has 0 fully saturated rings. The van der Waals surface area contributed by atoms with Gasteiger partial charge in [-0.05, 0) is 24.6 Å². The Kier molecular flexibility index (Phi) is 6.55. The largest absolute Gasteiger partial charge is 0.497 e. The van der Waals surface area contributed by atoms with Gasteiger partial charge < -0.3 is 19.7 Å². The van der Waals surface area contributed by atoms with Crippen LogP contribution >= 0.6 is 0 Å². The van der Waals surface area contributed by atoms with E-state index in [0.717, 1.165) is 0 Å². The van der Waals surface area contributed by atoms with Crippen LogP contribution < -0.4 is 10.1 Å². The van der Waals surface area contributed by atoms with Crippen LogP contribution in [0.15, 0.2) is 28.8 Å². The molecular weight excluding hydrogens is 350 g/mol. The fraction of sp³-hybridized carbons (Fsp3) is 0.474. The van der Waals surface area contributed by atoms with Gasteiger partial charge in [-0.3, -0.25) is 9.59 Å². The van der Waals surface area contributed by atoms with Crippen molar-refractivity contribution in [3.63, 3.8) is 0 Å². The lowest BCUT2D eigenvalue weighted by Crippen LogP contribution is -2.45. The maximum absolute atomic E-state index is 12.5. The molecule has 1 aromatic heterocycles. The minimum atomic E-state index is -1.07. The van der Waals surface area contributed by atoms with Gasteiger partial charge in [0.05, 0.1) is 19.1 Å². The molecule has 146 valence electrons. The topological polar surface area (TPSA) is 115 Å². The second-order valence-corrected chi connectivity index (χ2v) is 6.88. The highest BCUT2D eigenvalue weighted by atomic mass is 16.5. The maximum Gasteiger partial charge on any atom is 0.306 e. The molecular formula is C19H25N3O5. The molecule has 0 aliphatic carbocycles. The highest BCUT2D eigenvalue weighted by Crippen LogP contribution is 2.28. The number of amides is 1. The number of carbonyl (C=O) groups is 2. The van der Waals surface area contributed by atoms with E-state index < -0.39 is 11.5 Å². The summed E-state index contributed by atoms with van der Waals surface area (Å²) in [5.74, 6) is 0.395. The number of carboxylic acid groups (broad SMARTS) is 1. The van der Waals surface area contributed by atoms with E-state index >= 15 is 0 Å². The Balaban J connectivity index is 2.09. The number of hydrogen-bond donors (Lipinski definition) is 2. The lowest BCUT2D eigenvalue weighted by atomic mass is 9.88. The summed E-state index contributed by atoms with van der Waals surface area (Å²) < 4.78 is 10.3. The zero-order chi connectivity index (χ0) is 20.0. The van der Waals surface area contributed by atoms with Crippen LogP contribution in [0.4, 0.5) is 0 Å². The van der Waals surface area contributed by atoms with E-state index in [1.165, 1.54) is 7.11 Å². The molecule has 27 heavy (non-hydrogen) atoms. The number of aromatic nitrogens is 2. The zero-order valence-corrected chi connectivity index (χ0v) is 16.0. The maximum atomic E-state index is 12.5. The molecule has 2 rings (SSSR count). The van der Waals surface area contributed by atoms with E-state index in [-0.39, 0.29) is 31.1 Å². The molecule has 0 spiro atoms. The van der Waals surface area contributed by atoms with E-state index in [2.05, 4.69) is 15.5 Å². The monoisotopic (exact) mass is 375 g/mol. The number of hydrogen-bond acceptors (Lipinski definition) is 6. The number of methoxy groups -OCH3 is 1. The van der Waals surface area contributed by atoms with E-state index in [9.17, 15) is 14.7 Å². The molecule has 1 aromatic carbocycles. The van der Waals surface area contributed by atoms with E-state index in [0.29, 0.717) is 23.0 Å². The SMILES string of the molecule is COc1cccc(C(C)(CC(=O)O)NC(=O)CCc2nc(C(C)C)no2)c1. The summed E-state index contributed by atoms with van der Waals surface area (Å²) in [6.07, 6.45) is 0.135. The number of benzene rings is 1. The number of rotatable bonds is 9. The highest BCUT2D eigenvalue weighted by molar-refractivity contribution is 5.78. The number of aryl methyl sites for hydroxylation is 1. The molecule has 8 heteroatoms. The molecule has 1 unspecified atom stereocenters. The summed E-state index contributed by atoms with van der Waals surface area (Å²) in [4.78, 5) is 28.1. The summed E-state index contributed by atoms with van der Waals surface area (Å²) in [6.45, 7) is 5.58. The zero-order valence-electron chi connectivity index (χ0n) is 16.0. The van der Waals surface area contributed by atoms with E-state index in [4.69, 9.17) is 9.26 Å². The number of aliphatic carboxylic acids is 1. The van der Waals surface area contributed by atoms with Crippen molar-refractivity contribution >= 4 is 11.9 Å². The van der Waals surface area contributed by atoms with Gasteiger partial charge in [0.25, 0.3) is 0 Å². The summed E-state index contributed by atoms with van der Waals surface area (Å²) in [7, 11) is 1.53. The van der Waals surface area contributed by atoms with Crippen molar-refractivity contribution in [2.75, 3.05) is 7.11 Å². The standard InChI is InChI=1S/C19H25N3O5/c1-12(2)18-20-16(27-22-18)9-8-15(23)21-19(3,11-17(24)25)13-6-5-7-14(10-13)26-4/h5-7,10,12H,8-9,11H2,1-4H3,(H,21,23)(H,24,25). The third-order valence-electron chi connectivity index (χ3n) is 4.19. The smallest absolute Gasteiger partial charge is 0.306 e.